The number of nitrogens with one attached hydrogen (secondary N) is 1. The van der Waals surface area contributed by atoms with Gasteiger partial charge in [-0.15, -0.1) is 0 Å². The van der Waals surface area contributed by atoms with Crippen molar-refractivity contribution in [1.29, 1.82) is 0 Å². The third-order valence-corrected chi connectivity index (χ3v) is 11.0. The Bertz CT molecular complexity index is 1870. The van der Waals surface area contributed by atoms with Gasteiger partial charge in [-0.2, -0.15) is 0 Å². The fourth-order valence-corrected chi connectivity index (χ4v) is 7.79. The lowest BCUT2D eigenvalue weighted by Gasteiger charge is -2.34. The summed E-state index contributed by atoms with van der Waals surface area (Å²) in [5, 5.41) is 4.38. The molecule has 0 bridgehead atoms. The second-order valence-electron chi connectivity index (χ2n) is 13.6. The molecule has 278 valence electrons. The quantitative estimate of drug-likeness (QED) is 0.0662. The number of anilines is 1. The highest BCUT2D eigenvalue weighted by Crippen LogP contribution is 2.32. The van der Waals surface area contributed by atoms with Gasteiger partial charge in [0, 0.05) is 45.3 Å². The summed E-state index contributed by atoms with van der Waals surface area (Å²) in [6, 6.07) is 16.5. The van der Waals surface area contributed by atoms with Crippen LogP contribution in [0.3, 0.4) is 0 Å². The van der Waals surface area contributed by atoms with Crippen LogP contribution in [-0.2, 0) is 22.5 Å². The standard InChI is InChI=1S/C41H50BrClN4O5/c1-4-46(32-12-8-7-9-13-32)26-30-22-29(23-36(42)39(30)44)41(50)52-21-11-6-5-10-20-45-38(48)25-34-27(2)47(37-19-18-33(51-3)24-35(34)37)40(49)28-14-16-31(43)17-15-28/h14-19,22-24,32H,4-13,20-21,25-26,44H2,1-3H3,(H,45,48). The van der Waals surface area contributed by atoms with Gasteiger partial charge in [0.25, 0.3) is 5.91 Å². The number of halogens is 2. The van der Waals surface area contributed by atoms with E-state index in [0.29, 0.717) is 69.0 Å². The zero-order chi connectivity index (χ0) is 37.2. The zero-order valence-corrected chi connectivity index (χ0v) is 32.8. The number of nitrogens with two attached hydrogens (primary N) is 1. The molecule has 0 aliphatic heterocycles. The number of hydrogen-bond donors (Lipinski definition) is 2. The molecule has 1 amide bonds. The van der Waals surface area contributed by atoms with Crippen LogP contribution in [-0.4, -0.2) is 60.1 Å². The lowest BCUT2D eigenvalue weighted by atomic mass is 9.93. The van der Waals surface area contributed by atoms with Gasteiger partial charge in [0.1, 0.15) is 5.75 Å². The Morgan fingerprint density at radius 2 is 1.71 bits per heavy atom. The normalized spacial score (nSPS) is 13.4. The van der Waals surface area contributed by atoms with Crippen molar-refractivity contribution in [3.8, 4) is 5.75 Å². The molecule has 0 saturated heterocycles. The maximum atomic E-state index is 13.6. The molecular weight excluding hydrogens is 744 g/mol. The van der Waals surface area contributed by atoms with Gasteiger partial charge in [-0.25, -0.2) is 4.79 Å². The van der Waals surface area contributed by atoms with E-state index in [1.165, 1.54) is 32.1 Å². The highest BCUT2D eigenvalue weighted by atomic mass is 79.9. The molecule has 1 aliphatic rings. The van der Waals surface area contributed by atoms with Gasteiger partial charge in [0.15, 0.2) is 0 Å². The van der Waals surface area contributed by atoms with E-state index in [2.05, 4.69) is 33.1 Å². The van der Waals surface area contributed by atoms with Crippen LogP contribution in [0.15, 0.2) is 59.1 Å². The maximum Gasteiger partial charge on any atom is 0.338 e. The molecule has 0 spiro atoms. The number of nitrogen functional groups attached to an aromatic ring is 1. The number of carbonyl (C=O) groups is 3. The Hall–Kier alpha value is -3.86. The molecule has 0 atom stereocenters. The van der Waals surface area contributed by atoms with Gasteiger partial charge in [-0.1, -0.05) is 44.2 Å². The van der Waals surface area contributed by atoms with E-state index in [9.17, 15) is 14.4 Å². The van der Waals surface area contributed by atoms with Gasteiger partial charge >= 0.3 is 5.97 Å². The van der Waals surface area contributed by atoms with Gasteiger partial charge in [-0.3, -0.25) is 19.1 Å². The van der Waals surface area contributed by atoms with Crippen molar-refractivity contribution >= 4 is 61.9 Å². The highest BCUT2D eigenvalue weighted by molar-refractivity contribution is 9.10. The topological polar surface area (TPSA) is 116 Å². The van der Waals surface area contributed by atoms with Gasteiger partial charge in [0.05, 0.1) is 36.9 Å². The molecule has 3 N–H and O–H groups in total. The van der Waals surface area contributed by atoms with E-state index in [4.69, 9.17) is 26.8 Å². The molecule has 1 aromatic heterocycles. The van der Waals surface area contributed by atoms with Crippen molar-refractivity contribution in [1.82, 2.24) is 14.8 Å². The summed E-state index contributed by atoms with van der Waals surface area (Å²) >= 11 is 9.60. The minimum atomic E-state index is -0.348. The van der Waals surface area contributed by atoms with Crippen molar-refractivity contribution < 1.29 is 23.9 Å². The van der Waals surface area contributed by atoms with Crippen molar-refractivity contribution in [2.45, 2.75) is 90.6 Å². The van der Waals surface area contributed by atoms with Crippen LogP contribution in [0.5, 0.6) is 5.75 Å². The average molecular weight is 794 g/mol. The number of amides is 1. The summed E-state index contributed by atoms with van der Waals surface area (Å²) in [5.74, 6) is -0.0112. The SMILES string of the molecule is CCN(Cc1cc(C(=O)OCCCCCCNC(=O)Cc2c(C)n(C(=O)c3ccc(Cl)cc3)c3ccc(OC)cc23)cc(Br)c1N)C1CCCCC1. The number of nitrogens with zero attached hydrogens (tertiary/aromatic N) is 2. The summed E-state index contributed by atoms with van der Waals surface area (Å²) in [6.45, 7) is 6.55. The highest BCUT2D eigenvalue weighted by Gasteiger charge is 2.24. The number of methoxy groups -OCH3 is 1. The van der Waals surface area contributed by atoms with Crippen molar-refractivity contribution in [2.24, 2.45) is 0 Å². The second-order valence-corrected chi connectivity index (χ2v) is 14.8. The molecule has 9 nitrogen and oxygen atoms in total. The molecule has 5 rings (SSSR count). The van der Waals surface area contributed by atoms with Gasteiger partial charge in [-0.05, 0) is 127 Å². The Balaban J connectivity index is 1.08. The molecule has 1 aliphatic carbocycles. The number of fused-ring (bicyclic) bond motifs is 1. The number of ether oxygens (including phenoxy) is 2. The molecule has 0 unspecified atom stereocenters. The number of rotatable bonds is 16. The smallest absolute Gasteiger partial charge is 0.338 e. The Morgan fingerprint density at radius 3 is 2.42 bits per heavy atom. The van der Waals surface area contributed by atoms with Crippen LogP contribution in [0.2, 0.25) is 5.02 Å². The molecule has 1 heterocycles. The first-order valence-corrected chi connectivity index (χ1v) is 19.5. The molecule has 11 heteroatoms. The van der Waals surface area contributed by atoms with Crippen LogP contribution < -0.4 is 15.8 Å². The van der Waals surface area contributed by atoms with E-state index in [1.807, 2.05) is 31.2 Å². The summed E-state index contributed by atoms with van der Waals surface area (Å²) in [4.78, 5) is 42.1. The minimum absolute atomic E-state index is 0.118. The van der Waals surface area contributed by atoms with E-state index in [-0.39, 0.29) is 24.2 Å². The number of aromatic nitrogens is 1. The van der Waals surface area contributed by atoms with Crippen LogP contribution >= 0.6 is 27.5 Å². The van der Waals surface area contributed by atoms with Crippen molar-refractivity contribution in [3.63, 3.8) is 0 Å². The molecule has 4 aromatic rings. The number of esters is 1. The lowest BCUT2D eigenvalue weighted by Crippen LogP contribution is -2.36. The molecule has 3 aromatic carbocycles. The fourth-order valence-electron chi connectivity index (χ4n) is 7.16. The van der Waals surface area contributed by atoms with Crippen LogP contribution in [0, 0.1) is 6.92 Å². The van der Waals surface area contributed by atoms with E-state index in [0.717, 1.165) is 48.7 Å². The Morgan fingerprint density at radius 1 is 0.981 bits per heavy atom. The van der Waals surface area contributed by atoms with E-state index >= 15 is 0 Å². The molecule has 1 saturated carbocycles. The predicted octanol–water partition coefficient (Wildman–Crippen LogP) is 8.88. The summed E-state index contributed by atoms with van der Waals surface area (Å²) < 4.78 is 13.4. The first-order valence-electron chi connectivity index (χ1n) is 18.3. The third-order valence-electron chi connectivity index (χ3n) is 10.1. The van der Waals surface area contributed by atoms with Crippen LogP contribution in [0.25, 0.3) is 10.9 Å². The van der Waals surface area contributed by atoms with Crippen molar-refractivity contribution in [2.75, 3.05) is 32.5 Å². The lowest BCUT2D eigenvalue weighted by molar-refractivity contribution is -0.120. The Labute approximate surface area is 320 Å². The average Bonchev–Trinajstić information content (AvgIpc) is 3.42. The Kier molecular flexibility index (Phi) is 14.2. The summed E-state index contributed by atoms with van der Waals surface area (Å²) in [6.07, 6.45) is 9.67. The fraction of sp³-hybridized carbons (Fsp3) is 0.439. The number of hydrogen-bond acceptors (Lipinski definition) is 7. The molecule has 1 fully saturated rings. The number of benzene rings is 3. The molecular formula is C41H50BrClN4O5. The summed E-state index contributed by atoms with van der Waals surface area (Å²) in [7, 11) is 1.59. The maximum absolute atomic E-state index is 13.6. The predicted molar refractivity (Wildman–Crippen MR) is 211 cm³/mol. The number of carbonyl (C=O) groups excluding carboxylic acids is 3. The molecule has 52 heavy (non-hydrogen) atoms. The number of unbranched alkanes of at least 4 members (excludes halogenated alkanes) is 3. The second kappa shape index (κ2) is 18.8. The first kappa shape index (κ1) is 39.3. The minimum Gasteiger partial charge on any atom is -0.497 e. The van der Waals surface area contributed by atoms with Crippen LogP contribution in [0.1, 0.15) is 102 Å². The monoisotopic (exact) mass is 792 g/mol. The third kappa shape index (κ3) is 9.76. The molecule has 0 radical (unpaired) electrons. The summed E-state index contributed by atoms with van der Waals surface area (Å²) in [5.41, 5.74) is 11.2. The van der Waals surface area contributed by atoms with Gasteiger partial charge < -0.3 is 20.5 Å². The van der Waals surface area contributed by atoms with E-state index < -0.39 is 0 Å². The van der Waals surface area contributed by atoms with E-state index in [1.54, 1.807) is 42.0 Å². The van der Waals surface area contributed by atoms with Gasteiger partial charge in [0.2, 0.25) is 5.91 Å². The van der Waals surface area contributed by atoms with Crippen LogP contribution in [0.4, 0.5) is 5.69 Å². The first-order chi connectivity index (χ1) is 25.1. The zero-order valence-electron chi connectivity index (χ0n) is 30.4. The largest absolute Gasteiger partial charge is 0.497 e. The van der Waals surface area contributed by atoms with Crippen molar-refractivity contribution in [3.05, 3.63) is 92.0 Å².